The number of halogens is 1. The highest BCUT2D eigenvalue weighted by molar-refractivity contribution is 6.00. The van der Waals surface area contributed by atoms with E-state index >= 15 is 0 Å². The van der Waals surface area contributed by atoms with E-state index in [4.69, 9.17) is 0 Å². The summed E-state index contributed by atoms with van der Waals surface area (Å²) in [6.45, 7) is 5.88. The third-order valence-electron chi connectivity index (χ3n) is 6.52. The third-order valence-corrected chi connectivity index (χ3v) is 6.52. The van der Waals surface area contributed by atoms with E-state index in [1.54, 1.807) is 31.0 Å². The van der Waals surface area contributed by atoms with Gasteiger partial charge in [-0.1, -0.05) is 19.9 Å². The highest BCUT2D eigenvalue weighted by Gasteiger charge is 2.16. The Morgan fingerprint density at radius 1 is 0.923 bits per heavy atom. The molecule has 6 aromatic rings. The van der Waals surface area contributed by atoms with E-state index < -0.39 is 0 Å². The number of carbonyl (C=O) groups excluding carboxylic acids is 1. The van der Waals surface area contributed by atoms with Gasteiger partial charge >= 0.3 is 0 Å². The van der Waals surface area contributed by atoms with Crippen LogP contribution in [0.15, 0.2) is 67.4 Å². The molecule has 0 aliphatic carbocycles. The molecule has 0 aliphatic heterocycles. The van der Waals surface area contributed by atoms with Gasteiger partial charge in [0.2, 0.25) is 5.91 Å². The Balaban J connectivity index is 1.39. The molecule has 8 nitrogen and oxygen atoms in total. The van der Waals surface area contributed by atoms with Crippen LogP contribution in [0.2, 0.25) is 0 Å². The standard InChI is InChI=1S/C30H26FN7O/c1-16(2)4-28(39)35-22-8-19(11-32-13-22)20-9-24-29(37-38-30(24)34-12-20)26-10-23-25(14-33-15-27(23)36-26)18-5-17(3)6-21(31)7-18/h5-16,36H,4H2,1-3H3,(H,35,39)(H,34,37,38). The van der Waals surface area contributed by atoms with E-state index in [1.807, 2.05) is 45.0 Å². The predicted octanol–water partition coefficient (Wildman–Crippen LogP) is 6.66. The molecule has 0 spiro atoms. The average Bonchev–Trinajstić information content (AvgIpc) is 3.51. The van der Waals surface area contributed by atoms with Crippen molar-refractivity contribution in [2.45, 2.75) is 27.2 Å². The molecule has 0 fully saturated rings. The Morgan fingerprint density at radius 3 is 2.56 bits per heavy atom. The van der Waals surface area contributed by atoms with Gasteiger partial charge in [0.15, 0.2) is 5.65 Å². The summed E-state index contributed by atoms with van der Waals surface area (Å²) in [5, 5.41) is 12.2. The normalized spacial score (nSPS) is 11.5. The molecule has 0 atom stereocenters. The number of benzene rings is 1. The Morgan fingerprint density at radius 2 is 1.74 bits per heavy atom. The smallest absolute Gasteiger partial charge is 0.224 e. The van der Waals surface area contributed by atoms with Gasteiger partial charge in [0.1, 0.15) is 11.5 Å². The molecular weight excluding hydrogens is 493 g/mol. The van der Waals surface area contributed by atoms with Crippen molar-refractivity contribution in [3.63, 3.8) is 0 Å². The molecule has 5 heterocycles. The van der Waals surface area contributed by atoms with Crippen LogP contribution in [-0.4, -0.2) is 36.0 Å². The van der Waals surface area contributed by atoms with Crippen LogP contribution in [0, 0.1) is 18.7 Å². The van der Waals surface area contributed by atoms with Crippen molar-refractivity contribution in [2.24, 2.45) is 5.92 Å². The molecule has 0 saturated carbocycles. The van der Waals surface area contributed by atoms with Crippen molar-refractivity contribution in [3.8, 4) is 33.6 Å². The van der Waals surface area contributed by atoms with Crippen LogP contribution in [0.3, 0.4) is 0 Å². The minimum absolute atomic E-state index is 0.0456. The van der Waals surface area contributed by atoms with Crippen molar-refractivity contribution in [3.05, 3.63) is 78.8 Å². The molecule has 194 valence electrons. The molecule has 39 heavy (non-hydrogen) atoms. The number of carbonyl (C=O) groups is 1. The van der Waals surface area contributed by atoms with E-state index in [-0.39, 0.29) is 17.6 Å². The number of aromatic amines is 2. The number of H-pyrrole nitrogens is 2. The quantitative estimate of drug-likeness (QED) is 0.228. The number of pyridine rings is 3. The molecule has 0 saturated heterocycles. The molecule has 5 aromatic heterocycles. The molecule has 3 N–H and O–H groups in total. The SMILES string of the molecule is Cc1cc(F)cc(-c2cncc3[nH]c(-c4n[nH]c5ncc(-c6cncc(NC(=O)CC(C)C)c6)cc45)cc23)c1. The number of nitrogens with one attached hydrogen (secondary N) is 3. The highest BCUT2D eigenvalue weighted by atomic mass is 19.1. The van der Waals surface area contributed by atoms with Gasteiger partial charge < -0.3 is 10.3 Å². The first-order valence-electron chi connectivity index (χ1n) is 12.7. The summed E-state index contributed by atoms with van der Waals surface area (Å²) in [7, 11) is 0. The Labute approximate surface area is 223 Å². The van der Waals surface area contributed by atoms with Gasteiger partial charge in [-0.2, -0.15) is 5.10 Å². The fraction of sp³-hybridized carbons (Fsp3) is 0.167. The summed E-state index contributed by atoms with van der Waals surface area (Å²) in [6, 6.07) is 10.9. The van der Waals surface area contributed by atoms with Gasteiger partial charge in [-0.3, -0.25) is 19.9 Å². The summed E-state index contributed by atoms with van der Waals surface area (Å²) >= 11 is 0. The van der Waals surface area contributed by atoms with Crippen LogP contribution < -0.4 is 5.32 Å². The van der Waals surface area contributed by atoms with Crippen LogP contribution in [0.5, 0.6) is 0 Å². The number of aryl methyl sites for hydroxylation is 1. The van der Waals surface area contributed by atoms with Crippen LogP contribution in [0.25, 0.3) is 55.6 Å². The summed E-state index contributed by atoms with van der Waals surface area (Å²) in [5.41, 5.74) is 7.67. The number of rotatable bonds is 6. The number of anilines is 1. The second-order valence-corrected chi connectivity index (χ2v) is 10.1. The molecule has 6 rings (SSSR count). The summed E-state index contributed by atoms with van der Waals surface area (Å²) in [6.07, 6.45) is 9.06. The lowest BCUT2D eigenvalue weighted by Gasteiger charge is -2.08. The minimum Gasteiger partial charge on any atom is -0.352 e. The average molecular weight is 520 g/mol. The molecule has 0 radical (unpaired) electrons. The van der Waals surface area contributed by atoms with Gasteiger partial charge in [0.05, 0.1) is 29.3 Å². The number of fused-ring (bicyclic) bond motifs is 2. The van der Waals surface area contributed by atoms with E-state index in [2.05, 4.69) is 35.5 Å². The second kappa shape index (κ2) is 9.75. The van der Waals surface area contributed by atoms with Crippen molar-refractivity contribution >= 4 is 33.5 Å². The topological polar surface area (TPSA) is 112 Å². The number of hydrogen-bond acceptors (Lipinski definition) is 5. The molecule has 0 bridgehead atoms. The maximum atomic E-state index is 14.2. The second-order valence-electron chi connectivity index (χ2n) is 10.1. The molecule has 1 aromatic carbocycles. The van der Waals surface area contributed by atoms with Crippen LogP contribution in [-0.2, 0) is 4.79 Å². The summed E-state index contributed by atoms with van der Waals surface area (Å²) in [4.78, 5) is 28.9. The zero-order valence-corrected chi connectivity index (χ0v) is 21.7. The fourth-order valence-electron chi connectivity index (χ4n) is 4.82. The lowest BCUT2D eigenvalue weighted by atomic mass is 10.0. The summed E-state index contributed by atoms with van der Waals surface area (Å²) in [5.74, 6) is -0.0647. The largest absolute Gasteiger partial charge is 0.352 e. The first-order chi connectivity index (χ1) is 18.8. The minimum atomic E-state index is -0.285. The van der Waals surface area contributed by atoms with Gasteiger partial charge in [-0.05, 0) is 54.3 Å². The number of hydrogen-bond donors (Lipinski definition) is 3. The maximum Gasteiger partial charge on any atom is 0.224 e. The van der Waals surface area contributed by atoms with E-state index in [0.29, 0.717) is 23.4 Å². The van der Waals surface area contributed by atoms with E-state index in [0.717, 1.165) is 49.8 Å². The van der Waals surface area contributed by atoms with Crippen LogP contribution in [0.4, 0.5) is 10.1 Å². The molecule has 0 unspecified atom stereocenters. The lowest BCUT2D eigenvalue weighted by Crippen LogP contribution is -2.13. The maximum absolute atomic E-state index is 14.2. The first kappa shape index (κ1) is 24.4. The lowest BCUT2D eigenvalue weighted by molar-refractivity contribution is -0.116. The third kappa shape index (κ3) is 4.86. The van der Waals surface area contributed by atoms with Crippen molar-refractivity contribution < 1.29 is 9.18 Å². The van der Waals surface area contributed by atoms with E-state index in [1.165, 1.54) is 12.1 Å². The number of amides is 1. The fourth-order valence-corrected chi connectivity index (χ4v) is 4.82. The Hall–Kier alpha value is -4.92. The molecule has 9 heteroatoms. The van der Waals surface area contributed by atoms with Gasteiger partial charge in [-0.25, -0.2) is 9.37 Å². The van der Waals surface area contributed by atoms with Crippen molar-refractivity contribution in [1.29, 1.82) is 0 Å². The Kier molecular flexibility index (Phi) is 6.11. The molecule has 1 amide bonds. The first-order valence-corrected chi connectivity index (χ1v) is 12.7. The van der Waals surface area contributed by atoms with Gasteiger partial charge in [0, 0.05) is 52.5 Å². The molecule has 0 aliphatic rings. The summed E-state index contributed by atoms with van der Waals surface area (Å²) < 4.78 is 14.2. The zero-order valence-electron chi connectivity index (χ0n) is 21.7. The van der Waals surface area contributed by atoms with E-state index in [9.17, 15) is 9.18 Å². The zero-order chi connectivity index (χ0) is 27.1. The predicted molar refractivity (Wildman–Crippen MR) is 150 cm³/mol. The monoisotopic (exact) mass is 519 g/mol. The number of aromatic nitrogens is 6. The van der Waals surface area contributed by atoms with Crippen molar-refractivity contribution in [2.75, 3.05) is 5.32 Å². The van der Waals surface area contributed by atoms with Gasteiger partial charge in [-0.15, -0.1) is 0 Å². The van der Waals surface area contributed by atoms with Gasteiger partial charge in [0.25, 0.3) is 0 Å². The van der Waals surface area contributed by atoms with Crippen LogP contribution >= 0.6 is 0 Å². The number of nitrogens with zero attached hydrogens (tertiary/aromatic N) is 4. The molecular formula is C30H26FN7O. The van der Waals surface area contributed by atoms with Crippen LogP contribution in [0.1, 0.15) is 25.8 Å². The Bertz CT molecular complexity index is 1830. The highest BCUT2D eigenvalue weighted by Crippen LogP contribution is 2.35. The van der Waals surface area contributed by atoms with Crippen molar-refractivity contribution in [1.82, 2.24) is 30.1 Å².